The summed E-state index contributed by atoms with van der Waals surface area (Å²) in [5.74, 6) is -2.42. The third-order valence-electron chi connectivity index (χ3n) is 7.97. The number of hydrogen-bond acceptors (Lipinski definition) is 5. The molecule has 0 bridgehead atoms. The fourth-order valence-electron chi connectivity index (χ4n) is 5.77. The van der Waals surface area contributed by atoms with E-state index >= 15 is 0 Å². The van der Waals surface area contributed by atoms with E-state index in [1.807, 2.05) is 18.2 Å². The zero-order valence-electron chi connectivity index (χ0n) is 22.3. The summed E-state index contributed by atoms with van der Waals surface area (Å²) >= 11 is 0. The van der Waals surface area contributed by atoms with Gasteiger partial charge in [0.1, 0.15) is 0 Å². The van der Waals surface area contributed by atoms with Crippen LogP contribution in [0, 0.1) is 17.2 Å². The minimum absolute atomic E-state index is 0.0258. The van der Waals surface area contributed by atoms with E-state index in [1.165, 1.54) is 10.5 Å². The van der Waals surface area contributed by atoms with Crippen molar-refractivity contribution < 1.29 is 24.3 Å². The van der Waals surface area contributed by atoms with Crippen LogP contribution in [0.15, 0.2) is 30.3 Å². The Labute approximate surface area is 228 Å². The van der Waals surface area contributed by atoms with Crippen LogP contribution >= 0.6 is 0 Å². The van der Waals surface area contributed by atoms with E-state index in [9.17, 15) is 24.3 Å². The first kappa shape index (κ1) is 28.2. The van der Waals surface area contributed by atoms with Crippen LogP contribution in [0.3, 0.4) is 0 Å². The van der Waals surface area contributed by atoms with Gasteiger partial charge in [-0.15, -0.1) is 0 Å². The van der Waals surface area contributed by atoms with Crippen LogP contribution in [0.4, 0.5) is 9.59 Å². The highest BCUT2D eigenvalue weighted by molar-refractivity contribution is 6.07. The molecule has 0 aromatic heterocycles. The number of carboxylic acid groups (broad SMARTS) is 1. The number of imide groups is 1. The Bertz CT molecular complexity index is 1060. The number of nitrogens with one attached hydrogen (secondary N) is 2. The summed E-state index contributed by atoms with van der Waals surface area (Å²) in [4.78, 5) is 56.3. The number of amides is 5. The lowest BCUT2D eigenvalue weighted by molar-refractivity contribution is -0.167. The van der Waals surface area contributed by atoms with Gasteiger partial charge < -0.3 is 30.9 Å². The predicted octanol–water partition coefficient (Wildman–Crippen LogP) is 1.36. The van der Waals surface area contributed by atoms with Crippen LogP contribution < -0.4 is 11.1 Å². The molecular formula is C27H39N7O5. The second-order valence-electron chi connectivity index (χ2n) is 10.6. The van der Waals surface area contributed by atoms with Crippen LogP contribution in [-0.2, 0) is 16.0 Å². The number of β-lactam (4-membered cyclic amide) rings is 1. The Balaban J connectivity index is 1.20. The van der Waals surface area contributed by atoms with Crippen LogP contribution in [0.5, 0.6) is 0 Å². The second-order valence-corrected chi connectivity index (χ2v) is 10.6. The highest BCUT2D eigenvalue weighted by Gasteiger charge is 2.56. The van der Waals surface area contributed by atoms with Gasteiger partial charge in [0.05, 0.1) is 5.92 Å². The average molecular weight is 542 g/mol. The SMILES string of the molecule is N=C(N)N1CCCC(C[C@H]2C(=O)N(C(=O)N3CCN(C(=O)NCCCCc4ccccc4)CC3)[C@@H]2C(=O)O)C1. The molecular weight excluding hydrogens is 502 g/mol. The molecule has 3 aliphatic rings. The fraction of sp³-hybridized carbons (Fsp3) is 0.593. The molecule has 0 saturated carbocycles. The van der Waals surface area contributed by atoms with Gasteiger partial charge in [0.2, 0.25) is 5.91 Å². The molecule has 5 N–H and O–H groups in total. The number of urea groups is 2. The summed E-state index contributed by atoms with van der Waals surface area (Å²) in [5.41, 5.74) is 6.87. The number of piperazine rings is 1. The molecule has 1 aromatic rings. The molecule has 212 valence electrons. The molecule has 0 aliphatic carbocycles. The minimum atomic E-state index is -1.20. The number of nitrogens with zero attached hydrogens (tertiary/aromatic N) is 4. The van der Waals surface area contributed by atoms with Crippen molar-refractivity contribution in [2.45, 2.75) is 44.6 Å². The van der Waals surface area contributed by atoms with E-state index < -0.39 is 29.9 Å². The number of carbonyl (C=O) groups is 4. The number of carbonyl (C=O) groups excluding carboxylic acids is 3. The van der Waals surface area contributed by atoms with Crippen molar-refractivity contribution in [2.75, 3.05) is 45.8 Å². The minimum Gasteiger partial charge on any atom is -0.480 e. The van der Waals surface area contributed by atoms with Gasteiger partial charge in [0.15, 0.2) is 12.0 Å². The van der Waals surface area contributed by atoms with E-state index in [2.05, 4.69) is 17.4 Å². The number of carboxylic acids is 1. The number of hydrogen-bond donors (Lipinski definition) is 4. The first-order chi connectivity index (χ1) is 18.8. The zero-order valence-corrected chi connectivity index (χ0v) is 22.3. The Morgan fingerprint density at radius 3 is 2.36 bits per heavy atom. The van der Waals surface area contributed by atoms with E-state index in [-0.39, 0.29) is 31.0 Å². The molecule has 3 fully saturated rings. The lowest BCUT2D eigenvalue weighted by Crippen LogP contribution is -2.70. The van der Waals surface area contributed by atoms with Crippen molar-refractivity contribution in [3.8, 4) is 0 Å². The maximum atomic E-state index is 13.1. The molecule has 4 rings (SSSR count). The van der Waals surface area contributed by atoms with Gasteiger partial charge in [-0.05, 0) is 50.0 Å². The second kappa shape index (κ2) is 12.8. The molecule has 12 heteroatoms. The largest absolute Gasteiger partial charge is 0.480 e. The average Bonchev–Trinajstić information content (AvgIpc) is 2.94. The fourth-order valence-corrected chi connectivity index (χ4v) is 5.77. The van der Waals surface area contributed by atoms with Crippen molar-refractivity contribution >= 4 is 29.9 Å². The van der Waals surface area contributed by atoms with Gasteiger partial charge >= 0.3 is 18.0 Å². The summed E-state index contributed by atoms with van der Waals surface area (Å²) in [6.07, 6.45) is 4.78. The van der Waals surface area contributed by atoms with E-state index in [0.29, 0.717) is 39.1 Å². The number of benzene rings is 1. The predicted molar refractivity (Wildman–Crippen MR) is 144 cm³/mol. The highest BCUT2D eigenvalue weighted by Crippen LogP contribution is 2.36. The Morgan fingerprint density at radius 1 is 1.00 bits per heavy atom. The van der Waals surface area contributed by atoms with Crippen LogP contribution in [0.2, 0.25) is 0 Å². The maximum Gasteiger partial charge on any atom is 0.327 e. The summed E-state index contributed by atoms with van der Waals surface area (Å²) < 4.78 is 0. The van der Waals surface area contributed by atoms with Crippen molar-refractivity contribution in [2.24, 2.45) is 17.6 Å². The highest BCUT2D eigenvalue weighted by atomic mass is 16.4. The Kier molecular flexibility index (Phi) is 9.26. The molecule has 3 saturated heterocycles. The van der Waals surface area contributed by atoms with Crippen LogP contribution in [-0.4, -0.2) is 106 Å². The van der Waals surface area contributed by atoms with Gasteiger partial charge in [-0.1, -0.05) is 30.3 Å². The van der Waals surface area contributed by atoms with Gasteiger partial charge in [-0.2, -0.15) is 0 Å². The third-order valence-corrected chi connectivity index (χ3v) is 7.97. The van der Waals surface area contributed by atoms with E-state index in [1.54, 1.807) is 9.80 Å². The molecule has 3 heterocycles. The quantitative estimate of drug-likeness (QED) is 0.167. The summed E-state index contributed by atoms with van der Waals surface area (Å²) in [5, 5.41) is 20.4. The van der Waals surface area contributed by atoms with Gasteiger partial charge in [0.25, 0.3) is 0 Å². The van der Waals surface area contributed by atoms with Crippen molar-refractivity contribution in [3.63, 3.8) is 0 Å². The summed E-state index contributed by atoms with van der Waals surface area (Å²) in [6.45, 7) is 2.85. The smallest absolute Gasteiger partial charge is 0.327 e. The molecule has 5 amide bonds. The lowest BCUT2D eigenvalue weighted by Gasteiger charge is -2.47. The molecule has 3 aliphatic heterocycles. The molecule has 12 nitrogen and oxygen atoms in total. The molecule has 39 heavy (non-hydrogen) atoms. The summed E-state index contributed by atoms with van der Waals surface area (Å²) in [7, 11) is 0. The van der Waals surface area contributed by atoms with E-state index in [4.69, 9.17) is 11.1 Å². The monoisotopic (exact) mass is 541 g/mol. The number of unbranched alkanes of at least 4 members (excludes halogenated alkanes) is 1. The number of likely N-dealkylation sites (tertiary alicyclic amines) is 2. The Hall–Kier alpha value is -3.83. The number of piperidine rings is 1. The molecule has 3 atom stereocenters. The molecule has 1 unspecified atom stereocenters. The van der Waals surface area contributed by atoms with Crippen LogP contribution in [0.1, 0.15) is 37.7 Å². The normalized spacial score (nSPS) is 23.3. The molecule has 1 aromatic carbocycles. The molecule has 0 radical (unpaired) electrons. The van der Waals surface area contributed by atoms with Gasteiger partial charge in [-0.3, -0.25) is 10.2 Å². The number of nitrogens with two attached hydrogens (primary N) is 1. The van der Waals surface area contributed by atoms with E-state index in [0.717, 1.165) is 37.0 Å². The molecule has 0 spiro atoms. The number of aryl methyl sites for hydroxylation is 1. The number of rotatable bonds is 8. The van der Waals surface area contributed by atoms with Gasteiger partial charge in [0, 0.05) is 45.8 Å². The first-order valence-electron chi connectivity index (χ1n) is 13.8. The Morgan fingerprint density at radius 2 is 1.69 bits per heavy atom. The number of guanidine groups is 1. The zero-order chi connectivity index (χ0) is 27.9. The van der Waals surface area contributed by atoms with Crippen LogP contribution in [0.25, 0.3) is 0 Å². The van der Waals surface area contributed by atoms with Crippen molar-refractivity contribution in [3.05, 3.63) is 35.9 Å². The third kappa shape index (κ3) is 6.79. The maximum absolute atomic E-state index is 13.1. The number of aliphatic carboxylic acids is 1. The van der Waals surface area contributed by atoms with Crippen molar-refractivity contribution in [1.29, 1.82) is 5.41 Å². The van der Waals surface area contributed by atoms with Gasteiger partial charge in [-0.25, -0.2) is 19.3 Å². The lowest BCUT2D eigenvalue weighted by atomic mass is 9.78. The standard InChI is InChI=1S/C27H39N7O5/c28-25(29)33-12-6-10-20(18-33)17-21-22(24(36)37)34(23(21)35)27(39)32-15-13-31(14-16-32)26(38)30-11-5-4-9-19-7-2-1-3-8-19/h1-3,7-8,20-22H,4-6,9-18H2,(H3,28,29)(H,30,38)(H,36,37)/t20?,21-,22+/m1/s1. The topological polar surface area (TPSA) is 163 Å². The first-order valence-corrected chi connectivity index (χ1v) is 13.8. The van der Waals surface area contributed by atoms with Crippen molar-refractivity contribution in [1.82, 2.24) is 24.9 Å². The summed E-state index contributed by atoms with van der Waals surface area (Å²) in [6, 6.07) is 8.20.